The van der Waals surface area contributed by atoms with Crippen LogP contribution in [0.2, 0.25) is 0 Å². The summed E-state index contributed by atoms with van der Waals surface area (Å²) in [5.74, 6) is -0.421. The van der Waals surface area contributed by atoms with Crippen LogP contribution >= 0.6 is 0 Å². The molecule has 2 amide bonds. The zero-order valence-corrected chi connectivity index (χ0v) is 12.6. The number of piperidine rings is 1. The lowest BCUT2D eigenvalue weighted by Gasteiger charge is -2.42. The molecule has 4 unspecified atom stereocenters. The van der Waals surface area contributed by atoms with Crippen LogP contribution in [0.15, 0.2) is 0 Å². The zero-order valence-electron chi connectivity index (χ0n) is 12.6. The Kier molecular flexibility index (Phi) is 5.20. The molecule has 1 fully saturated rings. The topological polar surface area (TPSA) is 60.9 Å². The van der Waals surface area contributed by atoms with Crippen LogP contribution in [0.5, 0.6) is 0 Å². The van der Waals surface area contributed by atoms with Crippen LogP contribution in [-0.4, -0.2) is 53.1 Å². The molecule has 1 saturated heterocycles. The van der Waals surface area contributed by atoms with Crippen molar-refractivity contribution in [3.05, 3.63) is 0 Å². The minimum atomic E-state index is -0.868. The highest BCUT2D eigenvalue weighted by Gasteiger charge is 2.33. The van der Waals surface area contributed by atoms with Crippen molar-refractivity contribution in [2.24, 2.45) is 17.8 Å². The summed E-state index contributed by atoms with van der Waals surface area (Å²) in [5.41, 5.74) is 0. The highest BCUT2D eigenvalue weighted by Crippen LogP contribution is 2.27. The number of carboxylic acids is 1. The Labute approximate surface area is 115 Å². The van der Waals surface area contributed by atoms with Gasteiger partial charge < -0.3 is 14.9 Å². The molecule has 1 rings (SSSR count). The third-order valence-corrected chi connectivity index (χ3v) is 4.14. The Hall–Kier alpha value is -1.26. The average Bonchev–Trinajstić information content (AvgIpc) is 2.32. The third kappa shape index (κ3) is 3.85. The molecule has 0 aromatic carbocycles. The highest BCUT2D eigenvalue weighted by molar-refractivity contribution is 5.76. The van der Waals surface area contributed by atoms with E-state index in [4.69, 9.17) is 5.11 Å². The lowest BCUT2D eigenvalue weighted by Crippen LogP contribution is -2.53. The smallest absolute Gasteiger partial charge is 0.320 e. The average molecular weight is 270 g/mol. The Balaban J connectivity index is 2.67. The van der Waals surface area contributed by atoms with Crippen LogP contribution in [0.1, 0.15) is 34.1 Å². The van der Waals surface area contributed by atoms with Gasteiger partial charge in [0, 0.05) is 26.2 Å². The fourth-order valence-electron chi connectivity index (χ4n) is 2.75. The molecule has 0 bridgehead atoms. The second-order valence-electron chi connectivity index (χ2n) is 6.11. The third-order valence-electron chi connectivity index (χ3n) is 4.14. The normalized spacial score (nSPS) is 28.9. The van der Waals surface area contributed by atoms with Crippen LogP contribution < -0.4 is 0 Å². The summed E-state index contributed by atoms with van der Waals surface area (Å²) in [7, 11) is 1.68. The largest absolute Gasteiger partial charge is 0.481 e. The maximum Gasteiger partial charge on any atom is 0.320 e. The van der Waals surface area contributed by atoms with E-state index < -0.39 is 11.9 Å². The van der Waals surface area contributed by atoms with E-state index in [0.717, 1.165) is 13.0 Å². The van der Waals surface area contributed by atoms with Crippen LogP contribution in [-0.2, 0) is 4.79 Å². The molecule has 0 aliphatic carbocycles. The quantitative estimate of drug-likeness (QED) is 0.854. The van der Waals surface area contributed by atoms with Crippen molar-refractivity contribution < 1.29 is 14.7 Å². The van der Waals surface area contributed by atoms with Gasteiger partial charge in [0.05, 0.1) is 5.92 Å². The predicted molar refractivity (Wildman–Crippen MR) is 73.9 cm³/mol. The summed E-state index contributed by atoms with van der Waals surface area (Å²) in [6.45, 7) is 9.03. The maximum atomic E-state index is 12.4. The lowest BCUT2D eigenvalue weighted by molar-refractivity contribution is -0.141. The van der Waals surface area contributed by atoms with Gasteiger partial charge in [-0.25, -0.2) is 4.79 Å². The summed E-state index contributed by atoms with van der Waals surface area (Å²) in [6.07, 6.45) is 1.14. The molecule has 1 N–H and O–H groups in total. The first kappa shape index (κ1) is 15.8. The van der Waals surface area contributed by atoms with Crippen molar-refractivity contribution in [2.75, 3.05) is 20.1 Å². The van der Waals surface area contributed by atoms with Crippen molar-refractivity contribution in [3.63, 3.8) is 0 Å². The van der Waals surface area contributed by atoms with E-state index in [1.807, 2.05) is 4.90 Å². The number of rotatable bonds is 3. The molecule has 0 aromatic rings. The van der Waals surface area contributed by atoms with Crippen molar-refractivity contribution >= 4 is 12.0 Å². The molecule has 4 atom stereocenters. The molecule has 19 heavy (non-hydrogen) atoms. The van der Waals surface area contributed by atoms with Gasteiger partial charge in [0.25, 0.3) is 0 Å². The molecule has 0 saturated carbocycles. The van der Waals surface area contributed by atoms with Crippen LogP contribution in [0, 0.1) is 17.8 Å². The Morgan fingerprint density at radius 2 is 1.95 bits per heavy atom. The van der Waals surface area contributed by atoms with E-state index in [-0.39, 0.29) is 18.6 Å². The Bertz CT molecular complexity index is 346. The number of carboxylic acid groups (broad SMARTS) is 1. The summed E-state index contributed by atoms with van der Waals surface area (Å²) in [4.78, 5) is 26.7. The van der Waals surface area contributed by atoms with E-state index in [9.17, 15) is 9.59 Å². The first-order valence-electron chi connectivity index (χ1n) is 6.98. The number of hydrogen-bond acceptors (Lipinski definition) is 2. The molecule has 5 heteroatoms. The second-order valence-corrected chi connectivity index (χ2v) is 6.11. The van der Waals surface area contributed by atoms with E-state index in [1.54, 1.807) is 14.0 Å². The summed E-state index contributed by atoms with van der Waals surface area (Å²) in [5, 5.41) is 8.91. The first-order chi connectivity index (χ1) is 8.73. The molecule has 1 heterocycles. The van der Waals surface area contributed by atoms with Gasteiger partial charge in [0.15, 0.2) is 0 Å². The van der Waals surface area contributed by atoms with Crippen molar-refractivity contribution in [1.29, 1.82) is 0 Å². The summed E-state index contributed by atoms with van der Waals surface area (Å²) < 4.78 is 0. The monoisotopic (exact) mass is 270 g/mol. The van der Waals surface area contributed by atoms with Crippen molar-refractivity contribution in [2.45, 2.75) is 40.2 Å². The minimum Gasteiger partial charge on any atom is -0.481 e. The SMILES string of the molecule is CC1CC(C)C(C)N(C(=O)N(C)CC(C)C(=O)O)C1. The number of hydrogen-bond donors (Lipinski definition) is 1. The number of urea groups is 1. The summed E-state index contributed by atoms with van der Waals surface area (Å²) >= 11 is 0. The highest BCUT2D eigenvalue weighted by atomic mass is 16.4. The molecule has 0 spiro atoms. The van der Waals surface area contributed by atoms with Gasteiger partial charge in [0.2, 0.25) is 0 Å². The Morgan fingerprint density at radius 1 is 1.37 bits per heavy atom. The van der Waals surface area contributed by atoms with Gasteiger partial charge in [-0.3, -0.25) is 4.79 Å². The minimum absolute atomic E-state index is 0.0565. The molecule has 110 valence electrons. The van der Waals surface area contributed by atoms with Gasteiger partial charge in [-0.05, 0) is 25.2 Å². The maximum absolute atomic E-state index is 12.4. The van der Waals surface area contributed by atoms with Crippen molar-refractivity contribution in [1.82, 2.24) is 9.80 Å². The zero-order chi connectivity index (χ0) is 14.7. The molecule has 5 nitrogen and oxygen atoms in total. The van der Waals surface area contributed by atoms with Crippen LogP contribution in [0.4, 0.5) is 4.79 Å². The van der Waals surface area contributed by atoms with Gasteiger partial charge in [-0.2, -0.15) is 0 Å². The number of amides is 2. The molecular formula is C14H26N2O3. The number of nitrogens with zero attached hydrogens (tertiary/aromatic N) is 2. The van der Waals surface area contributed by atoms with E-state index in [0.29, 0.717) is 11.8 Å². The van der Waals surface area contributed by atoms with Crippen LogP contribution in [0.3, 0.4) is 0 Å². The molecule has 1 aliphatic heterocycles. The number of likely N-dealkylation sites (tertiary alicyclic amines) is 1. The van der Waals surface area contributed by atoms with E-state index in [2.05, 4.69) is 20.8 Å². The number of carbonyl (C=O) groups excluding carboxylic acids is 1. The fourth-order valence-corrected chi connectivity index (χ4v) is 2.75. The Morgan fingerprint density at radius 3 is 2.47 bits per heavy atom. The first-order valence-corrected chi connectivity index (χ1v) is 6.98. The van der Waals surface area contributed by atoms with Crippen LogP contribution in [0.25, 0.3) is 0 Å². The van der Waals surface area contributed by atoms with Crippen molar-refractivity contribution in [3.8, 4) is 0 Å². The molecule has 0 aromatic heterocycles. The number of carbonyl (C=O) groups is 2. The fraction of sp³-hybridized carbons (Fsp3) is 0.857. The number of aliphatic carboxylic acids is 1. The van der Waals surface area contributed by atoms with Gasteiger partial charge >= 0.3 is 12.0 Å². The predicted octanol–water partition coefficient (Wildman–Crippen LogP) is 2.13. The van der Waals surface area contributed by atoms with Gasteiger partial charge in [0.1, 0.15) is 0 Å². The summed E-state index contributed by atoms with van der Waals surface area (Å²) in [6, 6.07) is 0.158. The molecular weight excluding hydrogens is 244 g/mol. The van der Waals surface area contributed by atoms with E-state index >= 15 is 0 Å². The van der Waals surface area contributed by atoms with Gasteiger partial charge in [-0.15, -0.1) is 0 Å². The van der Waals surface area contributed by atoms with E-state index in [1.165, 1.54) is 4.90 Å². The standard InChI is InChI=1S/C14H26N2O3/c1-9-6-10(2)12(4)16(7-9)14(19)15(5)8-11(3)13(17)18/h9-12H,6-8H2,1-5H3,(H,17,18). The second kappa shape index (κ2) is 6.26. The molecule has 0 radical (unpaired) electrons. The lowest BCUT2D eigenvalue weighted by atomic mass is 9.86. The molecule has 1 aliphatic rings. The van der Waals surface area contributed by atoms with Gasteiger partial charge in [-0.1, -0.05) is 20.8 Å².